The van der Waals surface area contributed by atoms with E-state index in [4.69, 9.17) is 16.2 Å². The molecule has 194 valence electrons. The number of carbonyl (C=O) groups is 3. The van der Waals surface area contributed by atoms with Gasteiger partial charge in [0.05, 0.1) is 11.8 Å². The lowest BCUT2D eigenvalue weighted by molar-refractivity contribution is -0.123. The van der Waals surface area contributed by atoms with E-state index < -0.39 is 29.6 Å². The van der Waals surface area contributed by atoms with E-state index in [2.05, 4.69) is 9.69 Å². The van der Waals surface area contributed by atoms with Gasteiger partial charge in [-0.1, -0.05) is 31.2 Å². The standard InChI is InChI=1S/C26H28FN5O4S/c1-2-15-5-11-18(12-6-15)32(26(35)23-20(28)21(24(29)33)31-37-23)22(16-7-9-17(27)10-8-16)25(34)30-14-19-4-3-13-36-19/h5-12,19,22H,2-4,13-14,28H2,1H3,(H2,29,33)(H,30,34)/t19-,22+/m0/s1. The fourth-order valence-electron chi connectivity index (χ4n) is 4.19. The highest BCUT2D eigenvalue weighted by Gasteiger charge is 2.36. The lowest BCUT2D eigenvalue weighted by Crippen LogP contribution is -2.45. The summed E-state index contributed by atoms with van der Waals surface area (Å²) in [6.07, 6.45) is 2.38. The minimum Gasteiger partial charge on any atom is -0.395 e. The molecule has 4 rings (SSSR count). The van der Waals surface area contributed by atoms with Crippen LogP contribution in [0.2, 0.25) is 0 Å². The Balaban J connectivity index is 1.80. The molecule has 1 aliphatic heterocycles. The molecule has 0 aliphatic carbocycles. The largest absolute Gasteiger partial charge is 0.395 e. The lowest BCUT2D eigenvalue weighted by atomic mass is 10.0. The number of anilines is 2. The number of rotatable bonds is 9. The van der Waals surface area contributed by atoms with Crippen LogP contribution >= 0.6 is 11.5 Å². The normalized spacial score (nSPS) is 15.8. The Hall–Kier alpha value is -3.83. The molecule has 37 heavy (non-hydrogen) atoms. The summed E-state index contributed by atoms with van der Waals surface area (Å²) >= 11 is 0.725. The van der Waals surface area contributed by atoms with E-state index in [0.717, 1.165) is 36.4 Å². The molecule has 9 nitrogen and oxygen atoms in total. The number of ether oxygens (including phenoxy) is 1. The Morgan fingerprint density at radius 1 is 1.19 bits per heavy atom. The van der Waals surface area contributed by atoms with E-state index in [0.29, 0.717) is 17.9 Å². The highest BCUT2D eigenvalue weighted by atomic mass is 32.1. The second-order valence-electron chi connectivity index (χ2n) is 8.67. The molecule has 2 heterocycles. The number of primary amides is 1. The molecule has 3 amide bonds. The Kier molecular flexibility index (Phi) is 8.14. The molecular formula is C26H28FN5O4S. The van der Waals surface area contributed by atoms with Gasteiger partial charge in [-0.15, -0.1) is 0 Å². The fraction of sp³-hybridized carbons (Fsp3) is 0.308. The second-order valence-corrected chi connectivity index (χ2v) is 9.44. The van der Waals surface area contributed by atoms with Gasteiger partial charge in [-0.25, -0.2) is 4.39 Å². The average Bonchev–Trinajstić information content (AvgIpc) is 3.56. The first kappa shape index (κ1) is 26.2. The summed E-state index contributed by atoms with van der Waals surface area (Å²) in [5, 5.41) is 2.89. The van der Waals surface area contributed by atoms with Crippen molar-refractivity contribution in [2.45, 2.75) is 38.3 Å². The van der Waals surface area contributed by atoms with Crippen molar-refractivity contribution in [2.75, 3.05) is 23.8 Å². The summed E-state index contributed by atoms with van der Waals surface area (Å²) in [6, 6.07) is 11.4. The summed E-state index contributed by atoms with van der Waals surface area (Å²) in [5.41, 5.74) is 12.9. The maximum absolute atomic E-state index is 14.0. The molecule has 0 bridgehead atoms. The van der Waals surface area contributed by atoms with Crippen molar-refractivity contribution in [3.8, 4) is 0 Å². The number of halogens is 1. The van der Waals surface area contributed by atoms with Crippen LogP contribution in [0, 0.1) is 5.82 Å². The number of nitrogens with two attached hydrogens (primary N) is 2. The predicted molar refractivity (Wildman–Crippen MR) is 139 cm³/mol. The molecule has 2 atom stereocenters. The molecule has 11 heteroatoms. The van der Waals surface area contributed by atoms with Crippen molar-refractivity contribution in [1.82, 2.24) is 9.69 Å². The molecule has 0 radical (unpaired) electrons. The quantitative estimate of drug-likeness (QED) is 0.392. The van der Waals surface area contributed by atoms with Crippen molar-refractivity contribution >= 4 is 40.6 Å². The first-order chi connectivity index (χ1) is 17.8. The lowest BCUT2D eigenvalue weighted by Gasteiger charge is -2.31. The predicted octanol–water partition coefficient (Wildman–Crippen LogP) is 3.21. The minimum absolute atomic E-state index is 0.0348. The molecule has 1 saturated heterocycles. The molecule has 1 aliphatic rings. The van der Waals surface area contributed by atoms with Crippen molar-refractivity contribution < 1.29 is 23.5 Å². The number of nitrogens with one attached hydrogen (secondary N) is 1. The van der Waals surface area contributed by atoms with Gasteiger partial charge in [0.15, 0.2) is 5.69 Å². The highest BCUT2D eigenvalue weighted by Crippen LogP contribution is 2.33. The zero-order valence-corrected chi connectivity index (χ0v) is 21.1. The van der Waals surface area contributed by atoms with Gasteiger partial charge in [0.1, 0.15) is 16.7 Å². The molecular weight excluding hydrogens is 497 g/mol. The summed E-state index contributed by atoms with van der Waals surface area (Å²) in [5.74, 6) is -2.47. The van der Waals surface area contributed by atoms with Crippen LogP contribution in [-0.2, 0) is 16.0 Å². The van der Waals surface area contributed by atoms with Crippen LogP contribution in [0.3, 0.4) is 0 Å². The number of hydrogen-bond donors (Lipinski definition) is 3. The van der Waals surface area contributed by atoms with Gasteiger partial charge >= 0.3 is 0 Å². The third kappa shape index (κ3) is 5.78. The number of nitrogen functional groups attached to an aromatic ring is 1. The molecule has 0 saturated carbocycles. The SMILES string of the molecule is CCc1ccc(N(C(=O)c2snc(C(N)=O)c2N)[C@@H](C(=O)NC[C@@H]2CCCO2)c2ccc(F)cc2)cc1. The van der Waals surface area contributed by atoms with E-state index in [1.807, 2.05) is 19.1 Å². The van der Waals surface area contributed by atoms with Crippen LogP contribution < -0.4 is 21.7 Å². The third-order valence-electron chi connectivity index (χ3n) is 6.22. The molecule has 1 aromatic heterocycles. The smallest absolute Gasteiger partial charge is 0.273 e. The van der Waals surface area contributed by atoms with E-state index in [1.165, 1.54) is 29.2 Å². The van der Waals surface area contributed by atoms with Crippen molar-refractivity contribution in [1.29, 1.82) is 0 Å². The highest BCUT2D eigenvalue weighted by molar-refractivity contribution is 7.09. The number of benzene rings is 2. The van der Waals surface area contributed by atoms with E-state index in [9.17, 15) is 18.8 Å². The first-order valence-electron chi connectivity index (χ1n) is 11.9. The van der Waals surface area contributed by atoms with Gasteiger partial charge in [-0.3, -0.25) is 19.3 Å². The van der Waals surface area contributed by atoms with Gasteiger partial charge in [0.25, 0.3) is 11.8 Å². The summed E-state index contributed by atoms with van der Waals surface area (Å²) in [7, 11) is 0. The van der Waals surface area contributed by atoms with Crippen molar-refractivity contribution in [3.05, 3.63) is 76.0 Å². The molecule has 2 aromatic carbocycles. The molecule has 3 aromatic rings. The number of carbonyl (C=O) groups excluding carboxylic acids is 3. The van der Waals surface area contributed by atoms with E-state index in [1.54, 1.807) is 12.1 Å². The van der Waals surface area contributed by atoms with Crippen LogP contribution in [0.5, 0.6) is 0 Å². The zero-order chi connectivity index (χ0) is 26.5. The van der Waals surface area contributed by atoms with Crippen LogP contribution in [-0.4, -0.2) is 41.4 Å². The van der Waals surface area contributed by atoms with Crippen LogP contribution in [0.4, 0.5) is 15.8 Å². The second kappa shape index (κ2) is 11.5. The van der Waals surface area contributed by atoms with Gasteiger partial charge in [0, 0.05) is 18.8 Å². The van der Waals surface area contributed by atoms with Gasteiger partial charge in [-0.2, -0.15) is 4.37 Å². The first-order valence-corrected chi connectivity index (χ1v) is 12.7. The number of aromatic nitrogens is 1. The van der Waals surface area contributed by atoms with E-state index in [-0.39, 0.29) is 28.9 Å². The van der Waals surface area contributed by atoms with Gasteiger partial charge in [0.2, 0.25) is 5.91 Å². The number of amides is 3. The van der Waals surface area contributed by atoms with Crippen LogP contribution in [0.15, 0.2) is 48.5 Å². The number of aryl methyl sites for hydroxylation is 1. The summed E-state index contributed by atoms with van der Waals surface area (Å²) in [4.78, 5) is 40.6. The van der Waals surface area contributed by atoms with Crippen LogP contribution in [0.1, 0.15) is 57.1 Å². The van der Waals surface area contributed by atoms with E-state index >= 15 is 0 Å². The third-order valence-corrected chi connectivity index (χ3v) is 7.07. The van der Waals surface area contributed by atoms with Crippen molar-refractivity contribution in [2.24, 2.45) is 5.73 Å². The Morgan fingerprint density at radius 3 is 2.46 bits per heavy atom. The summed E-state index contributed by atoms with van der Waals surface area (Å²) in [6.45, 7) is 2.90. The molecule has 0 spiro atoms. The topological polar surface area (TPSA) is 141 Å². The Labute approximate surface area is 217 Å². The number of hydrogen-bond acceptors (Lipinski definition) is 7. The number of nitrogens with zero attached hydrogens (tertiary/aromatic N) is 2. The summed E-state index contributed by atoms with van der Waals surface area (Å²) < 4.78 is 23.4. The molecule has 0 unspecified atom stereocenters. The minimum atomic E-state index is -1.18. The van der Waals surface area contributed by atoms with Gasteiger partial charge in [-0.05, 0) is 66.2 Å². The van der Waals surface area contributed by atoms with Crippen LogP contribution in [0.25, 0.3) is 0 Å². The maximum Gasteiger partial charge on any atom is 0.273 e. The van der Waals surface area contributed by atoms with Crippen molar-refractivity contribution in [3.63, 3.8) is 0 Å². The average molecular weight is 526 g/mol. The zero-order valence-electron chi connectivity index (χ0n) is 20.3. The Bertz CT molecular complexity index is 1270. The monoisotopic (exact) mass is 525 g/mol. The molecule has 5 N–H and O–H groups in total. The maximum atomic E-state index is 14.0. The Morgan fingerprint density at radius 2 is 1.89 bits per heavy atom. The molecule has 1 fully saturated rings. The van der Waals surface area contributed by atoms with Gasteiger partial charge < -0.3 is 21.5 Å². The fourth-order valence-corrected chi connectivity index (χ4v) is 4.94.